The fourth-order valence-electron chi connectivity index (χ4n) is 7.38. The van der Waals surface area contributed by atoms with E-state index in [2.05, 4.69) is 0 Å². The van der Waals surface area contributed by atoms with Crippen LogP contribution in [0, 0.1) is 17.3 Å². The molecule has 4 unspecified atom stereocenters. The van der Waals surface area contributed by atoms with Gasteiger partial charge in [0.15, 0.2) is 11.7 Å². The number of esters is 5. The predicted octanol–water partition coefficient (Wildman–Crippen LogP) is 2.51. The van der Waals surface area contributed by atoms with Crippen LogP contribution in [0.2, 0.25) is 0 Å². The Balaban J connectivity index is 2.10. The maximum Gasteiger partial charge on any atom is 0.341 e. The van der Waals surface area contributed by atoms with Gasteiger partial charge in [-0.25, -0.2) is 4.79 Å². The van der Waals surface area contributed by atoms with Crippen LogP contribution >= 0.6 is 0 Å². The first-order chi connectivity index (χ1) is 19.9. The van der Waals surface area contributed by atoms with Crippen molar-refractivity contribution in [3.8, 4) is 0 Å². The van der Waals surface area contributed by atoms with Crippen molar-refractivity contribution in [2.45, 2.75) is 109 Å². The number of rotatable bonds is 8. The normalized spacial score (nSPS) is 35.8. The molecule has 3 aliphatic rings. The molecule has 1 saturated heterocycles. The Kier molecular flexibility index (Phi) is 8.48. The van der Waals surface area contributed by atoms with Gasteiger partial charge in [0.25, 0.3) is 0 Å². The standard InChI is InChI=1S/C30H40O13/c1-15(2)25(34)38-14-29-20(39-16(3)31)9-11-28(8,36)30(29)23(41-18(5)33)21(27(6,7)43-30)22(40-17(4)32)24(29)42-26(35)19-10-12-37-13-19/h10,12-13,15,20-24,36H,9,11,14H2,1-8H3/t20?,21-,22?,23?,24?,28-,29+,30+/m1/s1. The molecule has 1 aromatic heterocycles. The van der Waals surface area contributed by atoms with Crippen LogP contribution in [-0.4, -0.2) is 82.8 Å². The summed E-state index contributed by atoms with van der Waals surface area (Å²) in [4.78, 5) is 64.4. The van der Waals surface area contributed by atoms with Crippen molar-refractivity contribution < 1.29 is 61.9 Å². The second-order valence-corrected chi connectivity index (χ2v) is 12.6. The van der Waals surface area contributed by atoms with Gasteiger partial charge in [0, 0.05) is 20.8 Å². The number of ether oxygens (including phenoxy) is 6. The van der Waals surface area contributed by atoms with Crippen LogP contribution in [0.15, 0.2) is 23.0 Å². The van der Waals surface area contributed by atoms with E-state index in [0.29, 0.717) is 0 Å². The highest BCUT2D eigenvalue weighted by Crippen LogP contribution is 2.69. The molecule has 13 heteroatoms. The van der Waals surface area contributed by atoms with Gasteiger partial charge in [-0.15, -0.1) is 0 Å². The summed E-state index contributed by atoms with van der Waals surface area (Å²) >= 11 is 0. The Labute approximate surface area is 249 Å². The van der Waals surface area contributed by atoms with Crippen LogP contribution in [0.5, 0.6) is 0 Å². The summed E-state index contributed by atoms with van der Waals surface area (Å²) in [7, 11) is 0. The second kappa shape index (κ2) is 11.2. The Morgan fingerprint density at radius 2 is 1.58 bits per heavy atom. The van der Waals surface area contributed by atoms with Gasteiger partial charge >= 0.3 is 29.8 Å². The Bertz CT molecular complexity index is 1260. The molecule has 238 valence electrons. The van der Waals surface area contributed by atoms with Gasteiger partial charge in [-0.2, -0.15) is 0 Å². The highest BCUT2D eigenvalue weighted by Gasteiger charge is 2.87. The van der Waals surface area contributed by atoms with Crippen molar-refractivity contribution in [2.24, 2.45) is 17.3 Å². The van der Waals surface area contributed by atoms with Gasteiger partial charge in [-0.1, -0.05) is 13.8 Å². The SMILES string of the molecule is CC(=O)OC1C(OC(=O)c2ccoc2)[C@]2(COC(=O)C(C)C)C(OC(C)=O)CC[C@@](C)(O)[C@]23OC(C)(C)[C@H]1C3OC(C)=O. The minimum Gasteiger partial charge on any atom is -0.472 e. The molecule has 0 amide bonds. The van der Waals surface area contributed by atoms with Crippen LogP contribution in [-0.2, 0) is 47.6 Å². The highest BCUT2D eigenvalue weighted by molar-refractivity contribution is 5.89. The van der Waals surface area contributed by atoms with E-state index in [1.165, 1.54) is 33.1 Å². The minimum absolute atomic E-state index is 0.00135. The van der Waals surface area contributed by atoms with Gasteiger partial charge in [0.1, 0.15) is 36.6 Å². The highest BCUT2D eigenvalue weighted by atomic mass is 16.6. The summed E-state index contributed by atoms with van der Waals surface area (Å²) in [5.41, 5.74) is -7.10. The fraction of sp³-hybridized carbons (Fsp3) is 0.700. The number of furan rings is 1. The number of carbonyl (C=O) groups excluding carboxylic acids is 5. The van der Waals surface area contributed by atoms with Gasteiger partial charge in [0.05, 0.1) is 34.9 Å². The quantitative estimate of drug-likeness (QED) is 0.337. The second-order valence-electron chi connectivity index (χ2n) is 12.6. The number of fused-ring (bicyclic) bond motifs is 1. The summed E-state index contributed by atoms with van der Waals surface area (Å²) in [6, 6.07) is 1.37. The van der Waals surface area contributed by atoms with Crippen molar-refractivity contribution in [1.29, 1.82) is 0 Å². The zero-order chi connectivity index (χ0) is 32.1. The third-order valence-corrected chi connectivity index (χ3v) is 8.89. The molecule has 2 saturated carbocycles. The van der Waals surface area contributed by atoms with Crippen molar-refractivity contribution in [3.63, 3.8) is 0 Å². The summed E-state index contributed by atoms with van der Waals surface area (Å²) in [6.07, 6.45) is -3.08. The molecule has 1 spiro atoms. The van der Waals surface area contributed by atoms with Gasteiger partial charge < -0.3 is 37.9 Å². The zero-order valence-corrected chi connectivity index (χ0v) is 25.7. The Hall–Kier alpha value is -3.45. The topological polar surface area (TPSA) is 174 Å². The van der Waals surface area contributed by atoms with E-state index in [4.69, 9.17) is 32.8 Å². The first-order valence-corrected chi connectivity index (χ1v) is 14.3. The van der Waals surface area contributed by atoms with Crippen molar-refractivity contribution in [2.75, 3.05) is 6.61 Å². The van der Waals surface area contributed by atoms with Crippen molar-refractivity contribution in [1.82, 2.24) is 0 Å². The molecule has 1 aliphatic heterocycles. The molecule has 2 aliphatic carbocycles. The minimum atomic E-state index is -2.01. The van der Waals surface area contributed by atoms with Gasteiger partial charge in [0.2, 0.25) is 0 Å². The summed E-state index contributed by atoms with van der Waals surface area (Å²) in [6.45, 7) is 10.9. The molecule has 2 bridgehead atoms. The van der Waals surface area contributed by atoms with Crippen LogP contribution in [0.3, 0.4) is 0 Å². The third kappa shape index (κ3) is 5.20. The first-order valence-electron chi connectivity index (χ1n) is 14.3. The van der Waals surface area contributed by atoms with E-state index < -0.39 is 94.9 Å². The molecule has 0 aromatic carbocycles. The number of aliphatic hydroxyl groups is 1. The maximum atomic E-state index is 13.6. The Morgan fingerprint density at radius 3 is 2.12 bits per heavy atom. The van der Waals surface area contributed by atoms with Crippen molar-refractivity contribution in [3.05, 3.63) is 24.2 Å². The van der Waals surface area contributed by atoms with Crippen molar-refractivity contribution >= 4 is 29.8 Å². The molecule has 2 heterocycles. The van der Waals surface area contributed by atoms with Crippen LogP contribution < -0.4 is 0 Å². The molecule has 3 fully saturated rings. The molecule has 4 rings (SSSR count). The molecule has 43 heavy (non-hydrogen) atoms. The number of hydrogen-bond donors (Lipinski definition) is 1. The summed E-state index contributed by atoms with van der Waals surface area (Å²) in [5.74, 6) is -5.35. The Morgan fingerprint density at radius 1 is 0.953 bits per heavy atom. The lowest BCUT2D eigenvalue weighted by atomic mass is 9.46. The van der Waals surface area contributed by atoms with E-state index in [1.54, 1.807) is 27.7 Å². The lowest BCUT2D eigenvalue weighted by Gasteiger charge is -2.65. The van der Waals surface area contributed by atoms with Crippen LogP contribution in [0.4, 0.5) is 0 Å². The predicted molar refractivity (Wildman–Crippen MR) is 144 cm³/mol. The van der Waals surface area contributed by atoms with E-state index in [9.17, 15) is 29.1 Å². The number of hydrogen-bond acceptors (Lipinski definition) is 13. The molecule has 13 nitrogen and oxygen atoms in total. The van der Waals surface area contributed by atoms with E-state index >= 15 is 0 Å². The molecule has 0 radical (unpaired) electrons. The van der Waals surface area contributed by atoms with E-state index in [-0.39, 0.29) is 18.4 Å². The molecular formula is C30H40O13. The lowest BCUT2D eigenvalue weighted by Crippen LogP contribution is -2.83. The fourth-order valence-corrected chi connectivity index (χ4v) is 7.38. The smallest absolute Gasteiger partial charge is 0.341 e. The largest absolute Gasteiger partial charge is 0.472 e. The third-order valence-electron chi connectivity index (χ3n) is 8.89. The first kappa shape index (κ1) is 32.5. The zero-order valence-electron chi connectivity index (χ0n) is 25.7. The monoisotopic (exact) mass is 608 g/mol. The summed E-state index contributed by atoms with van der Waals surface area (Å²) in [5, 5.41) is 12.3. The molecule has 1 N–H and O–H groups in total. The average molecular weight is 609 g/mol. The van der Waals surface area contributed by atoms with E-state index in [1.807, 2.05) is 0 Å². The van der Waals surface area contributed by atoms with Crippen LogP contribution in [0.1, 0.15) is 78.6 Å². The average Bonchev–Trinajstić information content (AvgIpc) is 3.47. The molecule has 8 atom stereocenters. The number of carbonyl (C=O) groups is 5. The van der Waals surface area contributed by atoms with Crippen LogP contribution in [0.25, 0.3) is 0 Å². The molecular weight excluding hydrogens is 568 g/mol. The van der Waals surface area contributed by atoms with E-state index in [0.717, 1.165) is 13.2 Å². The summed E-state index contributed by atoms with van der Waals surface area (Å²) < 4.78 is 41.5. The van der Waals surface area contributed by atoms with Gasteiger partial charge in [-0.05, 0) is 39.7 Å². The molecule has 1 aromatic rings. The maximum absolute atomic E-state index is 13.6. The van der Waals surface area contributed by atoms with Gasteiger partial charge in [-0.3, -0.25) is 19.2 Å². The lowest BCUT2D eigenvalue weighted by molar-refractivity contribution is -0.349.